The predicted molar refractivity (Wildman–Crippen MR) is 270 cm³/mol. The van der Waals surface area contributed by atoms with Crippen molar-refractivity contribution in [1.82, 2.24) is 0 Å². The molecule has 0 amide bonds. The summed E-state index contributed by atoms with van der Waals surface area (Å²) in [5.74, 6) is -0.958. The predicted octanol–water partition coefficient (Wildman–Crippen LogP) is 17.4. The molecule has 0 aliphatic rings. The molecular formula is C57H98O6. The van der Waals surface area contributed by atoms with E-state index in [4.69, 9.17) is 14.2 Å². The van der Waals surface area contributed by atoms with E-state index in [1.54, 1.807) is 0 Å². The maximum atomic E-state index is 12.8. The van der Waals surface area contributed by atoms with Crippen LogP contribution in [0.1, 0.15) is 252 Å². The molecule has 63 heavy (non-hydrogen) atoms. The molecule has 0 unspecified atom stereocenters. The molecule has 0 spiro atoms. The molecule has 6 heteroatoms. The zero-order valence-electron chi connectivity index (χ0n) is 41.3. The summed E-state index contributed by atoms with van der Waals surface area (Å²) in [4.78, 5) is 38.0. The van der Waals surface area contributed by atoms with E-state index < -0.39 is 6.10 Å². The molecule has 0 fully saturated rings. The van der Waals surface area contributed by atoms with Crippen LogP contribution in [0.2, 0.25) is 0 Å². The highest BCUT2D eigenvalue weighted by atomic mass is 16.6. The van der Waals surface area contributed by atoms with E-state index in [9.17, 15) is 14.4 Å². The SMILES string of the molecule is CCCCC/C=C\C/C=C\C/C=C\CCCCC(=O)O[C@H](COC(=O)CCCCCCC/C=C\C/C=C\CCCCC)COC(=O)CCCCCCC/C=C\CCCCCCCC. The van der Waals surface area contributed by atoms with E-state index in [0.29, 0.717) is 19.3 Å². The Morgan fingerprint density at radius 1 is 0.317 bits per heavy atom. The van der Waals surface area contributed by atoms with Crippen LogP contribution in [0.15, 0.2) is 72.9 Å². The lowest BCUT2D eigenvalue weighted by atomic mass is 10.1. The van der Waals surface area contributed by atoms with Gasteiger partial charge in [0.25, 0.3) is 0 Å². The van der Waals surface area contributed by atoms with Crippen LogP contribution in [0.25, 0.3) is 0 Å². The molecule has 0 saturated carbocycles. The number of hydrogen-bond donors (Lipinski definition) is 0. The molecular weight excluding hydrogens is 781 g/mol. The fourth-order valence-corrected chi connectivity index (χ4v) is 7.12. The topological polar surface area (TPSA) is 78.9 Å². The zero-order valence-corrected chi connectivity index (χ0v) is 41.3. The lowest BCUT2D eigenvalue weighted by Crippen LogP contribution is -2.30. The second kappa shape index (κ2) is 51.5. The highest BCUT2D eigenvalue weighted by Gasteiger charge is 2.19. The van der Waals surface area contributed by atoms with Crippen LogP contribution < -0.4 is 0 Å². The minimum absolute atomic E-state index is 0.0997. The standard InChI is InChI=1S/C57H98O6/c1-4-7-10-13-16-19-22-25-28-31-34-37-40-43-46-49-55(58)61-52-54(63-57(60)51-48-45-42-39-36-33-30-27-24-21-18-15-12-9-6-3)53-62-56(59)50-47-44-41-38-35-32-29-26-23-20-17-14-11-8-5-2/h16,18-19,21,25-30,36,39,54H,4-15,17,20,22-24,31-35,37-38,40-53H2,1-3H3/b19-16-,21-18-,28-25-,29-26-,30-27-,39-36-/t54-/m1/s1. The number of allylic oxidation sites excluding steroid dienone is 12. The van der Waals surface area contributed by atoms with Gasteiger partial charge in [-0.05, 0) is 116 Å². The van der Waals surface area contributed by atoms with Crippen LogP contribution >= 0.6 is 0 Å². The number of hydrogen-bond acceptors (Lipinski definition) is 6. The van der Waals surface area contributed by atoms with Crippen LogP contribution in [0.5, 0.6) is 0 Å². The summed E-state index contributed by atoms with van der Waals surface area (Å²) >= 11 is 0. The summed E-state index contributed by atoms with van der Waals surface area (Å²) in [6, 6.07) is 0. The Morgan fingerprint density at radius 2 is 0.571 bits per heavy atom. The number of carbonyl (C=O) groups excluding carboxylic acids is 3. The van der Waals surface area contributed by atoms with Crippen molar-refractivity contribution >= 4 is 17.9 Å². The summed E-state index contributed by atoms with van der Waals surface area (Å²) < 4.78 is 16.8. The minimum Gasteiger partial charge on any atom is -0.462 e. The third-order valence-corrected chi connectivity index (χ3v) is 11.2. The van der Waals surface area contributed by atoms with E-state index in [2.05, 4.69) is 93.7 Å². The third-order valence-electron chi connectivity index (χ3n) is 11.2. The average Bonchev–Trinajstić information content (AvgIpc) is 3.28. The molecule has 0 aromatic carbocycles. The fourth-order valence-electron chi connectivity index (χ4n) is 7.12. The Labute approximate surface area is 389 Å². The van der Waals surface area contributed by atoms with Crippen molar-refractivity contribution in [1.29, 1.82) is 0 Å². The fraction of sp³-hybridized carbons (Fsp3) is 0.737. The van der Waals surface area contributed by atoms with E-state index in [0.717, 1.165) is 96.3 Å². The number of ether oxygens (including phenoxy) is 3. The molecule has 0 saturated heterocycles. The third kappa shape index (κ3) is 49.7. The molecule has 0 radical (unpaired) electrons. The van der Waals surface area contributed by atoms with E-state index >= 15 is 0 Å². The van der Waals surface area contributed by atoms with Crippen molar-refractivity contribution < 1.29 is 28.6 Å². The summed E-state index contributed by atoms with van der Waals surface area (Å²) in [5, 5.41) is 0. The van der Waals surface area contributed by atoms with Crippen LogP contribution in [0.4, 0.5) is 0 Å². The average molecular weight is 879 g/mol. The van der Waals surface area contributed by atoms with Crippen LogP contribution in [0.3, 0.4) is 0 Å². The molecule has 0 heterocycles. The summed E-state index contributed by atoms with van der Waals surface area (Å²) in [6.07, 6.45) is 64.5. The number of rotatable bonds is 47. The van der Waals surface area contributed by atoms with E-state index in [1.807, 2.05) is 0 Å². The van der Waals surface area contributed by atoms with Gasteiger partial charge in [0, 0.05) is 19.3 Å². The van der Waals surface area contributed by atoms with Gasteiger partial charge in [0.05, 0.1) is 0 Å². The lowest BCUT2D eigenvalue weighted by molar-refractivity contribution is -0.167. The van der Waals surface area contributed by atoms with Gasteiger partial charge >= 0.3 is 17.9 Å². The highest BCUT2D eigenvalue weighted by Crippen LogP contribution is 2.13. The largest absolute Gasteiger partial charge is 0.462 e. The van der Waals surface area contributed by atoms with Crippen LogP contribution in [0, 0.1) is 0 Å². The Balaban J connectivity index is 4.48. The van der Waals surface area contributed by atoms with Crippen LogP contribution in [-0.2, 0) is 28.6 Å². The van der Waals surface area contributed by atoms with Crippen molar-refractivity contribution in [3.05, 3.63) is 72.9 Å². The molecule has 6 nitrogen and oxygen atoms in total. The molecule has 0 aromatic heterocycles. The quantitative estimate of drug-likeness (QED) is 0.0262. The summed E-state index contributed by atoms with van der Waals surface area (Å²) in [5.41, 5.74) is 0. The van der Waals surface area contributed by atoms with Gasteiger partial charge in [-0.15, -0.1) is 0 Å². The van der Waals surface area contributed by atoms with Gasteiger partial charge in [0.2, 0.25) is 0 Å². The lowest BCUT2D eigenvalue weighted by Gasteiger charge is -2.18. The molecule has 0 rings (SSSR count). The molecule has 362 valence electrons. The van der Waals surface area contributed by atoms with Gasteiger partial charge in [-0.3, -0.25) is 14.4 Å². The van der Waals surface area contributed by atoms with Crippen molar-refractivity contribution in [2.24, 2.45) is 0 Å². The first-order chi connectivity index (χ1) is 31.0. The first-order valence-electron chi connectivity index (χ1n) is 26.4. The normalized spacial score (nSPS) is 12.6. The molecule has 0 N–H and O–H groups in total. The van der Waals surface area contributed by atoms with Gasteiger partial charge in [0.1, 0.15) is 13.2 Å². The van der Waals surface area contributed by atoms with E-state index in [1.165, 1.54) is 109 Å². The van der Waals surface area contributed by atoms with Gasteiger partial charge in [-0.25, -0.2) is 0 Å². The second-order valence-electron chi connectivity index (χ2n) is 17.4. The first kappa shape index (κ1) is 59.9. The molecule has 1 atom stereocenters. The van der Waals surface area contributed by atoms with Gasteiger partial charge in [0.15, 0.2) is 6.10 Å². The maximum absolute atomic E-state index is 12.8. The number of carbonyl (C=O) groups is 3. The summed E-state index contributed by atoms with van der Waals surface area (Å²) in [6.45, 7) is 6.53. The summed E-state index contributed by atoms with van der Waals surface area (Å²) in [7, 11) is 0. The Kier molecular flexibility index (Phi) is 48.9. The van der Waals surface area contributed by atoms with Crippen molar-refractivity contribution in [2.75, 3.05) is 13.2 Å². The molecule has 0 bridgehead atoms. The Hall–Kier alpha value is -3.15. The number of esters is 3. The zero-order chi connectivity index (χ0) is 45.8. The Bertz CT molecular complexity index is 1190. The maximum Gasteiger partial charge on any atom is 0.306 e. The van der Waals surface area contributed by atoms with Crippen LogP contribution in [-0.4, -0.2) is 37.2 Å². The van der Waals surface area contributed by atoms with E-state index in [-0.39, 0.29) is 37.5 Å². The first-order valence-corrected chi connectivity index (χ1v) is 26.4. The monoisotopic (exact) mass is 879 g/mol. The van der Waals surface area contributed by atoms with Gasteiger partial charge in [-0.2, -0.15) is 0 Å². The number of unbranched alkanes of at least 4 members (excludes halogenated alkanes) is 24. The molecule has 0 aliphatic heterocycles. The van der Waals surface area contributed by atoms with Crippen molar-refractivity contribution in [2.45, 2.75) is 258 Å². The highest BCUT2D eigenvalue weighted by molar-refractivity contribution is 5.71. The second-order valence-corrected chi connectivity index (χ2v) is 17.4. The van der Waals surface area contributed by atoms with Gasteiger partial charge < -0.3 is 14.2 Å². The van der Waals surface area contributed by atoms with Gasteiger partial charge in [-0.1, -0.05) is 190 Å². The smallest absolute Gasteiger partial charge is 0.306 e. The minimum atomic E-state index is -0.804. The Morgan fingerprint density at radius 3 is 0.968 bits per heavy atom. The van der Waals surface area contributed by atoms with Crippen molar-refractivity contribution in [3.8, 4) is 0 Å². The van der Waals surface area contributed by atoms with Crippen molar-refractivity contribution in [3.63, 3.8) is 0 Å². The molecule has 0 aromatic rings. The molecule has 0 aliphatic carbocycles.